The van der Waals surface area contributed by atoms with E-state index in [4.69, 9.17) is 14.2 Å². The van der Waals surface area contributed by atoms with Gasteiger partial charge in [-0.15, -0.1) is 0 Å². The molecule has 1 aromatic heterocycles. The van der Waals surface area contributed by atoms with E-state index in [0.717, 1.165) is 5.82 Å². The number of hydrogen-bond acceptors (Lipinski definition) is 8. The predicted molar refractivity (Wildman–Crippen MR) is 86.7 cm³/mol. The maximum absolute atomic E-state index is 12.0. The second-order valence-electron chi connectivity index (χ2n) is 6.02. The van der Waals surface area contributed by atoms with Crippen LogP contribution in [0, 0.1) is 0 Å². The third-order valence-corrected chi connectivity index (χ3v) is 5.44. The zero-order valence-electron chi connectivity index (χ0n) is 13.8. The first-order valence-corrected chi connectivity index (χ1v) is 9.55. The smallest absolute Gasteiger partial charge is 0.218 e. The van der Waals surface area contributed by atoms with Crippen LogP contribution in [0.1, 0.15) is 0 Å². The lowest BCUT2D eigenvalue weighted by Gasteiger charge is -2.43. The van der Waals surface area contributed by atoms with Crippen molar-refractivity contribution in [2.24, 2.45) is 0 Å². The van der Waals surface area contributed by atoms with Crippen LogP contribution in [0.15, 0.2) is 12.4 Å². The fourth-order valence-electron chi connectivity index (χ4n) is 2.99. The van der Waals surface area contributed by atoms with Gasteiger partial charge in [0.2, 0.25) is 15.9 Å². The molecule has 9 nitrogen and oxygen atoms in total. The van der Waals surface area contributed by atoms with Crippen molar-refractivity contribution in [3.63, 3.8) is 0 Å². The highest BCUT2D eigenvalue weighted by Gasteiger charge is 2.42. The van der Waals surface area contributed by atoms with Crippen molar-refractivity contribution < 1.29 is 22.6 Å². The summed E-state index contributed by atoms with van der Waals surface area (Å²) in [6.07, 6.45) is 2.66. The Balaban J connectivity index is 1.82. The molecule has 10 heteroatoms. The molecule has 3 rings (SSSR count). The third-order valence-electron chi connectivity index (χ3n) is 4.19. The Labute approximate surface area is 141 Å². The SMILES string of the molecule is COc1cc(N2CCOC3(COCCN(S(C)(=O)=O)C3)C2)ncn1. The van der Waals surface area contributed by atoms with Crippen LogP contribution in [-0.2, 0) is 19.5 Å². The molecule has 0 bridgehead atoms. The maximum atomic E-state index is 12.0. The number of aromatic nitrogens is 2. The fourth-order valence-corrected chi connectivity index (χ4v) is 3.87. The highest BCUT2D eigenvalue weighted by atomic mass is 32.2. The molecule has 0 aliphatic carbocycles. The number of sulfonamides is 1. The largest absolute Gasteiger partial charge is 0.481 e. The molecule has 2 aliphatic rings. The van der Waals surface area contributed by atoms with E-state index in [1.165, 1.54) is 16.9 Å². The number of rotatable bonds is 3. The number of ether oxygens (including phenoxy) is 3. The molecule has 0 saturated carbocycles. The lowest BCUT2D eigenvalue weighted by molar-refractivity contribution is -0.0955. The molecule has 1 aromatic rings. The Kier molecular flexibility index (Phi) is 4.90. The summed E-state index contributed by atoms with van der Waals surface area (Å²) >= 11 is 0. The summed E-state index contributed by atoms with van der Waals surface area (Å²) in [5.74, 6) is 1.20. The van der Waals surface area contributed by atoms with Gasteiger partial charge in [-0.25, -0.2) is 18.4 Å². The third kappa shape index (κ3) is 3.77. The van der Waals surface area contributed by atoms with E-state index in [0.29, 0.717) is 45.3 Å². The first-order valence-electron chi connectivity index (χ1n) is 7.70. The van der Waals surface area contributed by atoms with Crippen molar-refractivity contribution in [3.05, 3.63) is 12.4 Å². The minimum Gasteiger partial charge on any atom is -0.481 e. The van der Waals surface area contributed by atoms with Crippen LogP contribution in [0.4, 0.5) is 5.82 Å². The Morgan fingerprint density at radius 3 is 2.83 bits per heavy atom. The second-order valence-corrected chi connectivity index (χ2v) is 8.00. The Bertz CT molecular complexity index is 685. The van der Waals surface area contributed by atoms with Gasteiger partial charge in [0.1, 0.15) is 17.7 Å². The lowest BCUT2D eigenvalue weighted by atomic mass is 10.0. The van der Waals surface area contributed by atoms with Crippen molar-refractivity contribution in [2.45, 2.75) is 5.60 Å². The molecule has 0 aromatic carbocycles. The summed E-state index contributed by atoms with van der Waals surface area (Å²) in [4.78, 5) is 10.3. The van der Waals surface area contributed by atoms with Gasteiger partial charge in [0.15, 0.2) is 0 Å². The Hall–Kier alpha value is -1.49. The molecular weight excluding hydrogens is 336 g/mol. The minimum absolute atomic E-state index is 0.268. The van der Waals surface area contributed by atoms with Gasteiger partial charge in [-0.3, -0.25) is 0 Å². The van der Waals surface area contributed by atoms with Gasteiger partial charge in [0, 0.05) is 25.7 Å². The summed E-state index contributed by atoms with van der Waals surface area (Å²) in [5, 5.41) is 0. The van der Waals surface area contributed by atoms with Gasteiger partial charge in [-0.2, -0.15) is 4.31 Å². The predicted octanol–water partition coefficient (Wildman–Crippen LogP) is -0.648. The van der Waals surface area contributed by atoms with Gasteiger partial charge < -0.3 is 19.1 Å². The summed E-state index contributed by atoms with van der Waals surface area (Å²) in [5.41, 5.74) is -0.712. The summed E-state index contributed by atoms with van der Waals surface area (Å²) in [7, 11) is -1.76. The van der Waals surface area contributed by atoms with Gasteiger partial charge in [0.25, 0.3) is 0 Å². The van der Waals surface area contributed by atoms with Crippen LogP contribution in [0.25, 0.3) is 0 Å². The average Bonchev–Trinajstić information content (AvgIpc) is 2.77. The summed E-state index contributed by atoms with van der Waals surface area (Å²) < 4.78 is 42.1. The van der Waals surface area contributed by atoms with Gasteiger partial charge >= 0.3 is 0 Å². The van der Waals surface area contributed by atoms with Crippen molar-refractivity contribution in [1.82, 2.24) is 14.3 Å². The summed E-state index contributed by atoms with van der Waals surface area (Å²) in [6.45, 7) is 2.92. The normalized spacial score (nSPS) is 26.3. The van der Waals surface area contributed by atoms with E-state index in [9.17, 15) is 8.42 Å². The van der Waals surface area contributed by atoms with Crippen LogP contribution in [0.2, 0.25) is 0 Å². The van der Waals surface area contributed by atoms with Crippen molar-refractivity contribution in [1.29, 1.82) is 0 Å². The van der Waals surface area contributed by atoms with Crippen LogP contribution >= 0.6 is 0 Å². The molecule has 2 aliphatic heterocycles. The molecule has 0 amide bonds. The Morgan fingerprint density at radius 2 is 2.08 bits per heavy atom. The van der Waals surface area contributed by atoms with Crippen molar-refractivity contribution in [2.75, 3.05) is 64.3 Å². The molecule has 0 N–H and O–H groups in total. The average molecular weight is 358 g/mol. The number of nitrogens with zero attached hydrogens (tertiary/aromatic N) is 4. The molecule has 3 heterocycles. The summed E-state index contributed by atoms with van der Waals surface area (Å²) in [6, 6.07) is 1.75. The number of morpholine rings is 1. The van der Waals surface area contributed by atoms with Crippen LogP contribution in [0.5, 0.6) is 5.88 Å². The van der Waals surface area contributed by atoms with Crippen LogP contribution < -0.4 is 9.64 Å². The Morgan fingerprint density at radius 1 is 1.25 bits per heavy atom. The molecule has 134 valence electrons. The standard InChI is InChI=1S/C14H22N4O5S/c1-21-13-7-12(15-11-16-13)17-3-6-23-14(8-17)9-18(24(2,19)20)4-5-22-10-14/h7,11H,3-6,8-10H2,1-2H3. The van der Waals surface area contributed by atoms with E-state index in [-0.39, 0.29) is 6.54 Å². The van der Waals surface area contributed by atoms with Crippen LogP contribution in [-0.4, -0.2) is 87.7 Å². The van der Waals surface area contributed by atoms with Crippen molar-refractivity contribution >= 4 is 15.8 Å². The highest BCUT2D eigenvalue weighted by Crippen LogP contribution is 2.27. The van der Waals surface area contributed by atoms with E-state index < -0.39 is 15.6 Å². The minimum atomic E-state index is -3.31. The van der Waals surface area contributed by atoms with Crippen LogP contribution in [0.3, 0.4) is 0 Å². The molecule has 0 radical (unpaired) electrons. The van der Waals surface area contributed by atoms with E-state index >= 15 is 0 Å². The quantitative estimate of drug-likeness (QED) is 0.704. The van der Waals surface area contributed by atoms with Crippen molar-refractivity contribution in [3.8, 4) is 5.88 Å². The molecular formula is C14H22N4O5S. The monoisotopic (exact) mass is 358 g/mol. The topological polar surface area (TPSA) is 94.1 Å². The number of methoxy groups -OCH3 is 1. The molecule has 2 fully saturated rings. The van der Waals surface area contributed by atoms with Gasteiger partial charge in [-0.1, -0.05) is 0 Å². The first-order chi connectivity index (χ1) is 11.4. The molecule has 1 spiro atoms. The first kappa shape index (κ1) is 17.3. The zero-order valence-corrected chi connectivity index (χ0v) is 14.7. The molecule has 2 saturated heterocycles. The number of hydrogen-bond donors (Lipinski definition) is 0. The van der Waals surface area contributed by atoms with E-state index in [1.54, 1.807) is 13.2 Å². The van der Waals surface area contributed by atoms with E-state index in [2.05, 4.69) is 9.97 Å². The molecule has 24 heavy (non-hydrogen) atoms. The zero-order chi connectivity index (χ0) is 17.2. The lowest BCUT2D eigenvalue weighted by Crippen LogP contribution is -2.59. The number of anilines is 1. The maximum Gasteiger partial charge on any atom is 0.218 e. The van der Waals surface area contributed by atoms with Gasteiger partial charge in [0.05, 0.1) is 39.7 Å². The highest BCUT2D eigenvalue weighted by molar-refractivity contribution is 7.88. The van der Waals surface area contributed by atoms with Gasteiger partial charge in [-0.05, 0) is 0 Å². The fraction of sp³-hybridized carbons (Fsp3) is 0.714. The molecule has 1 unspecified atom stereocenters. The molecule has 1 atom stereocenters. The second kappa shape index (κ2) is 6.79. The van der Waals surface area contributed by atoms with E-state index in [1.807, 2.05) is 4.90 Å².